The molecule has 4 heteroatoms. The molecule has 4 nitrogen and oxygen atoms in total. The van der Waals surface area contributed by atoms with Crippen molar-refractivity contribution >= 4 is 12.1 Å². The summed E-state index contributed by atoms with van der Waals surface area (Å²) in [5.41, 5.74) is 4.13. The summed E-state index contributed by atoms with van der Waals surface area (Å²) in [6.45, 7) is 0.878. The van der Waals surface area contributed by atoms with Crippen LogP contribution in [0, 0.1) is 0 Å². The minimum Gasteiger partial charge on any atom is -0.371 e. The number of hydrazone groups is 1. The molecule has 0 aromatic heterocycles. The molecule has 1 N–H and O–H groups in total. The van der Waals surface area contributed by atoms with Gasteiger partial charge >= 0.3 is 0 Å². The molecule has 0 aliphatic carbocycles. The van der Waals surface area contributed by atoms with Gasteiger partial charge in [0.05, 0.1) is 19.4 Å². The molecule has 0 bridgehead atoms. The molecule has 0 aliphatic heterocycles. The first kappa shape index (κ1) is 14.0. The van der Waals surface area contributed by atoms with Crippen LogP contribution in [0.25, 0.3) is 0 Å². The Hall–Kier alpha value is -2.46. The second-order valence-electron chi connectivity index (χ2n) is 4.12. The van der Waals surface area contributed by atoms with E-state index in [1.807, 2.05) is 48.5 Å². The van der Waals surface area contributed by atoms with Gasteiger partial charge in [0.2, 0.25) is 0 Å². The van der Waals surface area contributed by atoms with E-state index in [2.05, 4.69) is 10.5 Å². The van der Waals surface area contributed by atoms with Gasteiger partial charge in [-0.2, -0.15) is 5.10 Å². The number of ether oxygens (including phenoxy) is 1. The van der Waals surface area contributed by atoms with Gasteiger partial charge in [-0.1, -0.05) is 48.5 Å². The van der Waals surface area contributed by atoms with Crippen LogP contribution in [0.3, 0.4) is 0 Å². The zero-order valence-electron chi connectivity index (χ0n) is 11.0. The molecular formula is C16H16N2O2. The summed E-state index contributed by atoms with van der Waals surface area (Å²) >= 11 is 0. The molecule has 0 spiro atoms. The first-order chi connectivity index (χ1) is 9.86. The van der Waals surface area contributed by atoms with E-state index < -0.39 is 0 Å². The molecule has 2 aromatic rings. The third kappa shape index (κ3) is 4.66. The number of nitrogens with one attached hydrogen (secondary N) is 1. The standard InChI is InChI=1S/C16H16N2O2/c19-16(15-9-5-2-6-10-15)18-17-11-12-20-13-14-7-3-1-4-8-14/h1-11H,12-13H2,(H,18,19)/b17-11+. The maximum atomic E-state index is 11.6. The van der Waals surface area contributed by atoms with E-state index >= 15 is 0 Å². The van der Waals surface area contributed by atoms with Gasteiger partial charge in [-0.3, -0.25) is 4.79 Å². The van der Waals surface area contributed by atoms with Crippen molar-refractivity contribution in [2.24, 2.45) is 5.10 Å². The number of hydrogen-bond acceptors (Lipinski definition) is 3. The number of carbonyl (C=O) groups excluding carboxylic acids is 1. The second-order valence-corrected chi connectivity index (χ2v) is 4.12. The van der Waals surface area contributed by atoms with Crippen molar-refractivity contribution in [3.05, 3.63) is 71.8 Å². The highest BCUT2D eigenvalue weighted by atomic mass is 16.5. The summed E-state index contributed by atoms with van der Waals surface area (Å²) in [6.07, 6.45) is 1.53. The van der Waals surface area contributed by atoms with Crippen molar-refractivity contribution in [2.75, 3.05) is 6.61 Å². The summed E-state index contributed by atoms with van der Waals surface area (Å²) in [5, 5.41) is 3.83. The van der Waals surface area contributed by atoms with Gasteiger partial charge < -0.3 is 4.74 Å². The van der Waals surface area contributed by atoms with Crippen LogP contribution < -0.4 is 5.43 Å². The van der Waals surface area contributed by atoms with E-state index in [0.29, 0.717) is 18.8 Å². The fraction of sp³-hybridized carbons (Fsp3) is 0.125. The van der Waals surface area contributed by atoms with Crippen molar-refractivity contribution in [1.29, 1.82) is 0 Å². The first-order valence-corrected chi connectivity index (χ1v) is 6.35. The summed E-state index contributed by atoms with van der Waals surface area (Å²) < 4.78 is 5.41. The van der Waals surface area contributed by atoms with Crippen molar-refractivity contribution in [3.63, 3.8) is 0 Å². The number of hydrogen-bond donors (Lipinski definition) is 1. The molecule has 0 saturated heterocycles. The molecule has 0 fully saturated rings. The quantitative estimate of drug-likeness (QED) is 0.497. The predicted octanol–water partition coefficient (Wildman–Crippen LogP) is 2.62. The van der Waals surface area contributed by atoms with Crippen LogP contribution >= 0.6 is 0 Å². The van der Waals surface area contributed by atoms with E-state index in [1.165, 1.54) is 6.21 Å². The Morgan fingerprint density at radius 3 is 2.40 bits per heavy atom. The van der Waals surface area contributed by atoms with Gasteiger partial charge in [-0.25, -0.2) is 5.43 Å². The molecule has 0 unspecified atom stereocenters. The maximum absolute atomic E-state index is 11.6. The van der Waals surface area contributed by atoms with Crippen molar-refractivity contribution in [3.8, 4) is 0 Å². The zero-order valence-corrected chi connectivity index (χ0v) is 11.0. The minimum absolute atomic E-state index is 0.232. The molecule has 0 aliphatic rings. The van der Waals surface area contributed by atoms with Gasteiger partial charge in [-0.15, -0.1) is 0 Å². The average Bonchev–Trinajstić information content (AvgIpc) is 2.52. The van der Waals surface area contributed by atoms with Crippen molar-refractivity contribution in [1.82, 2.24) is 5.43 Å². The predicted molar refractivity (Wildman–Crippen MR) is 78.5 cm³/mol. The van der Waals surface area contributed by atoms with Crippen LogP contribution in [-0.4, -0.2) is 18.7 Å². The topological polar surface area (TPSA) is 50.7 Å². The van der Waals surface area contributed by atoms with Crippen molar-refractivity contribution < 1.29 is 9.53 Å². The summed E-state index contributed by atoms with van der Waals surface area (Å²) in [6, 6.07) is 18.8. The third-order valence-corrected chi connectivity index (χ3v) is 2.60. The minimum atomic E-state index is -0.232. The second kappa shape index (κ2) is 7.86. The number of carbonyl (C=O) groups is 1. The first-order valence-electron chi connectivity index (χ1n) is 6.35. The van der Waals surface area contributed by atoms with Crippen LogP contribution in [0.1, 0.15) is 15.9 Å². The Labute approximate surface area is 118 Å². The van der Waals surface area contributed by atoms with E-state index in [-0.39, 0.29) is 5.91 Å². The zero-order chi connectivity index (χ0) is 14.0. The Balaban J connectivity index is 1.66. The SMILES string of the molecule is O=C(N/N=C/COCc1ccccc1)c1ccccc1. The van der Waals surface area contributed by atoms with E-state index in [1.54, 1.807) is 12.1 Å². The Morgan fingerprint density at radius 1 is 1.05 bits per heavy atom. The molecule has 1 amide bonds. The van der Waals surface area contributed by atoms with Crippen LogP contribution in [0.4, 0.5) is 0 Å². The van der Waals surface area contributed by atoms with Gasteiger partial charge in [-0.05, 0) is 17.7 Å². The van der Waals surface area contributed by atoms with Gasteiger partial charge in [0.25, 0.3) is 5.91 Å². The maximum Gasteiger partial charge on any atom is 0.271 e. The molecule has 2 aromatic carbocycles. The lowest BCUT2D eigenvalue weighted by Crippen LogP contribution is -2.17. The number of rotatable bonds is 6. The number of amides is 1. The highest BCUT2D eigenvalue weighted by Crippen LogP contribution is 1.99. The summed E-state index contributed by atoms with van der Waals surface area (Å²) in [4.78, 5) is 11.6. The fourth-order valence-electron chi connectivity index (χ4n) is 1.60. The third-order valence-electron chi connectivity index (χ3n) is 2.60. The lowest BCUT2D eigenvalue weighted by atomic mass is 10.2. The number of nitrogens with zero attached hydrogens (tertiary/aromatic N) is 1. The molecule has 102 valence electrons. The number of benzene rings is 2. The normalized spacial score (nSPS) is 10.6. The Kier molecular flexibility index (Phi) is 5.49. The molecule has 0 radical (unpaired) electrons. The van der Waals surface area contributed by atoms with Crippen LogP contribution in [-0.2, 0) is 11.3 Å². The van der Waals surface area contributed by atoms with Gasteiger partial charge in [0, 0.05) is 5.56 Å². The van der Waals surface area contributed by atoms with Crippen LogP contribution in [0.5, 0.6) is 0 Å². The van der Waals surface area contributed by atoms with E-state index in [9.17, 15) is 4.79 Å². The van der Waals surface area contributed by atoms with Gasteiger partial charge in [0.15, 0.2) is 0 Å². The van der Waals surface area contributed by atoms with Crippen molar-refractivity contribution in [2.45, 2.75) is 6.61 Å². The average molecular weight is 268 g/mol. The fourth-order valence-corrected chi connectivity index (χ4v) is 1.60. The summed E-state index contributed by atoms with van der Waals surface area (Å²) in [7, 11) is 0. The monoisotopic (exact) mass is 268 g/mol. The molecular weight excluding hydrogens is 252 g/mol. The Morgan fingerprint density at radius 2 is 1.70 bits per heavy atom. The van der Waals surface area contributed by atoms with E-state index in [0.717, 1.165) is 5.56 Å². The largest absolute Gasteiger partial charge is 0.371 e. The van der Waals surface area contributed by atoms with Gasteiger partial charge in [0.1, 0.15) is 0 Å². The molecule has 0 heterocycles. The lowest BCUT2D eigenvalue weighted by Gasteiger charge is -2.01. The molecule has 2 rings (SSSR count). The van der Waals surface area contributed by atoms with Crippen LogP contribution in [0.15, 0.2) is 65.8 Å². The summed E-state index contributed by atoms with van der Waals surface area (Å²) in [5.74, 6) is -0.232. The smallest absolute Gasteiger partial charge is 0.271 e. The lowest BCUT2D eigenvalue weighted by molar-refractivity contribution is 0.0954. The van der Waals surface area contributed by atoms with E-state index in [4.69, 9.17) is 4.74 Å². The van der Waals surface area contributed by atoms with Crippen LogP contribution in [0.2, 0.25) is 0 Å². The molecule has 20 heavy (non-hydrogen) atoms. The highest BCUT2D eigenvalue weighted by molar-refractivity contribution is 5.94. The Bertz CT molecular complexity index is 553. The highest BCUT2D eigenvalue weighted by Gasteiger charge is 2.00. The molecule has 0 saturated carbocycles. The molecule has 0 atom stereocenters.